The molecule has 70 valence electrons. The summed E-state index contributed by atoms with van der Waals surface area (Å²) in [5, 5.41) is 1.13. The van der Waals surface area contributed by atoms with Gasteiger partial charge in [-0.3, -0.25) is 0 Å². The number of halogens is 4. The first-order valence-corrected chi connectivity index (χ1v) is 5.08. The fourth-order valence-electron chi connectivity index (χ4n) is 0.588. The Kier molecular flexibility index (Phi) is 23.8. The molecule has 0 bridgehead atoms. The Bertz CT molecular complexity index is 82.5. The number of alkyl halides is 1. The second kappa shape index (κ2) is 14.2. The third-order valence-electron chi connectivity index (χ3n) is 1.08. The molecule has 0 radical (unpaired) electrons. The summed E-state index contributed by atoms with van der Waals surface area (Å²) >= 11 is 6.70. The first-order chi connectivity index (χ1) is 4.27. The molecule has 0 spiro atoms. The van der Waals surface area contributed by atoms with Crippen LogP contribution < -0.4 is 0 Å². The topological polar surface area (TPSA) is 0 Å². The van der Waals surface area contributed by atoms with E-state index < -0.39 is 0 Å². The average molecular weight is 418 g/mol. The van der Waals surface area contributed by atoms with E-state index in [-0.39, 0.29) is 34.0 Å². The van der Waals surface area contributed by atoms with Crippen LogP contribution in [0.1, 0.15) is 25.7 Å². The second-order valence-corrected chi connectivity index (χ2v) is 3.93. The molecule has 0 fully saturated rings. The van der Waals surface area contributed by atoms with Gasteiger partial charge in [0, 0.05) is 5.33 Å². The highest BCUT2D eigenvalue weighted by atomic mass is 79.9. The lowest BCUT2D eigenvalue weighted by Gasteiger charge is -1.95. The number of rotatable bonds is 5. The van der Waals surface area contributed by atoms with Crippen molar-refractivity contribution < 1.29 is 0 Å². The molecule has 0 N–H and O–H groups in total. The zero-order chi connectivity index (χ0) is 7.11. The van der Waals surface area contributed by atoms with Crippen molar-refractivity contribution in [2.75, 3.05) is 5.33 Å². The van der Waals surface area contributed by atoms with Gasteiger partial charge in [0.2, 0.25) is 0 Å². The molecular formula is C7H14Br4. The molecule has 0 aliphatic heterocycles. The Morgan fingerprint density at radius 1 is 1.09 bits per heavy atom. The summed E-state index contributed by atoms with van der Waals surface area (Å²) in [4.78, 5) is 0. The summed E-state index contributed by atoms with van der Waals surface area (Å²) in [6.45, 7) is 3.76. The fraction of sp³-hybridized carbons (Fsp3) is 0.714. The van der Waals surface area contributed by atoms with Gasteiger partial charge in [0.25, 0.3) is 0 Å². The van der Waals surface area contributed by atoms with E-state index in [0.717, 1.165) is 16.2 Å². The smallest absolute Gasteiger partial charge is 0.00313 e. The minimum atomic E-state index is 0. The normalized spacial score (nSPS) is 7.82. The molecule has 0 nitrogen and oxygen atoms in total. The average Bonchev–Trinajstić information content (AvgIpc) is 1.80. The minimum absolute atomic E-state index is 0. The lowest BCUT2D eigenvalue weighted by atomic mass is 10.2. The third kappa shape index (κ3) is 18.5. The van der Waals surface area contributed by atoms with Crippen LogP contribution in [0.3, 0.4) is 0 Å². The number of hydrogen-bond donors (Lipinski definition) is 0. The molecule has 0 atom stereocenters. The molecule has 0 saturated heterocycles. The number of allylic oxidation sites excluding steroid dienone is 1. The summed E-state index contributed by atoms with van der Waals surface area (Å²) in [6.07, 6.45) is 4.96. The van der Waals surface area contributed by atoms with Crippen molar-refractivity contribution >= 4 is 65.8 Å². The second-order valence-electron chi connectivity index (χ2n) is 2.02. The Morgan fingerprint density at radius 2 is 1.64 bits per heavy atom. The van der Waals surface area contributed by atoms with Gasteiger partial charge < -0.3 is 0 Å². The summed E-state index contributed by atoms with van der Waals surface area (Å²) in [5.74, 6) is 0. The molecular weight excluding hydrogens is 404 g/mol. The van der Waals surface area contributed by atoms with E-state index in [1.807, 2.05) is 0 Å². The molecule has 0 aromatic heterocycles. The first-order valence-electron chi connectivity index (χ1n) is 3.16. The van der Waals surface area contributed by atoms with Crippen molar-refractivity contribution in [3.8, 4) is 0 Å². The van der Waals surface area contributed by atoms with E-state index in [4.69, 9.17) is 0 Å². The molecule has 4 heteroatoms. The van der Waals surface area contributed by atoms with Crippen LogP contribution in [0.2, 0.25) is 0 Å². The van der Waals surface area contributed by atoms with Crippen LogP contribution in [0.4, 0.5) is 0 Å². The molecule has 0 unspecified atom stereocenters. The van der Waals surface area contributed by atoms with E-state index in [1.165, 1.54) is 19.3 Å². The summed E-state index contributed by atoms with van der Waals surface area (Å²) < 4.78 is 1.12. The van der Waals surface area contributed by atoms with E-state index in [2.05, 4.69) is 38.4 Å². The standard InChI is InChI=1S/C7H12Br2.2BrH/c1-7(9)5-3-2-4-6-8;;/h1-6H2;2*1H. The van der Waals surface area contributed by atoms with Crippen LogP contribution in [0, 0.1) is 0 Å². The molecule has 0 amide bonds. The Balaban J connectivity index is -0.000000320. The molecule has 11 heavy (non-hydrogen) atoms. The Labute approximate surface area is 107 Å². The van der Waals surface area contributed by atoms with Crippen LogP contribution in [-0.2, 0) is 0 Å². The number of hydrogen-bond acceptors (Lipinski definition) is 0. The third-order valence-corrected chi connectivity index (χ3v) is 2.04. The summed E-state index contributed by atoms with van der Waals surface area (Å²) in [5.41, 5.74) is 0. The maximum atomic E-state index is 3.76. The highest BCUT2D eigenvalue weighted by Crippen LogP contribution is 2.12. The van der Waals surface area contributed by atoms with Crippen LogP contribution in [0.15, 0.2) is 11.1 Å². The van der Waals surface area contributed by atoms with Gasteiger partial charge in [-0.1, -0.05) is 44.9 Å². The van der Waals surface area contributed by atoms with E-state index in [1.54, 1.807) is 0 Å². The van der Waals surface area contributed by atoms with Crippen LogP contribution >= 0.6 is 65.8 Å². The summed E-state index contributed by atoms with van der Waals surface area (Å²) in [7, 11) is 0. The first kappa shape index (κ1) is 18.4. The quantitative estimate of drug-likeness (QED) is 0.436. The van der Waals surface area contributed by atoms with Gasteiger partial charge in [0.1, 0.15) is 0 Å². The predicted molar refractivity (Wildman–Crippen MR) is 71.0 cm³/mol. The molecule has 0 aliphatic rings. The van der Waals surface area contributed by atoms with Crippen molar-refractivity contribution in [2.45, 2.75) is 25.7 Å². The van der Waals surface area contributed by atoms with Gasteiger partial charge >= 0.3 is 0 Å². The van der Waals surface area contributed by atoms with Crippen LogP contribution in [0.25, 0.3) is 0 Å². The van der Waals surface area contributed by atoms with Crippen molar-refractivity contribution in [1.29, 1.82) is 0 Å². The lowest BCUT2D eigenvalue weighted by molar-refractivity contribution is 0.735. The minimum Gasteiger partial charge on any atom is -0.114 e. The number of unbranched alkanes of at least 4 members (excludes halogenated alkanes) is 2. The zero-order valence-corrected chi connectivity index (χ0v) is 12.9. The van der Waals surface area contributed by atoms with Gasteiger partial charge in [0.05, 0.1) is 0 Å². The molecule has 0 rings (SSSR count). The van der Waals surface area contributed by atoms with Gasteiger partial charge in [-0.05, 0) is 23.7 Å². The molecule has 0 aliphatic carbocycles. The highest BCUT2D eigenvalue weighted by Gasteiger charge is 1.88. The molecule has 0 aromatic carbocycles. The van der Waals surface area contributed by atoms with Crippen molar-refractivity contribution in [1.82, 2.24) is 0 Å². The van der Waals surface area contributed by atoms with Gasteiger partial charge in [-0.2, -0.15) is 0 Å². The monoisotopic (exact) mass is 414 g/mol. The van der Waals surface area contributed by atoms with Crippen molar-refractivity contribution in [3.63, 3.8) is 0 Å². The van der Waals surface area contributed by atoms with E-state index in [0.29, 0.717) is 0 Å². The predicted octanol–water partition coefficient (Wildman–Crippen LogP) is 5.01. The lowest BCUT2D eigenvalue weighted by Crippen LogP contribution is -1.77. The van der Waals surface area contributed by atoms with E-state index >= 15 is 0 Å². The van der Waals surface area contributed by atoms with E-state index in [9.17, 15) is 0 Å². The van der Waals surface area contributed by atoms with Crippen LogP contribution in [0.5, 0.6) is 0 Å². The Morgan fingerprint density at radius 3 is 2.00 bits per heavy atom. The van der Waals surface area contributed by atoms with Gasteiger partial charge in [-0.25, -0.2) is 0 Å². The zero-order valence-electron chi connectivity index (χ0n) is 6.32. The fourth-order valence-corrected chi connectivity index (χ4v) is 1.26. The SMILES string of the molecule is Br.Br.C=C(Br)CCCCCBr. The molecule has 0 saturated carbocycles. The molecule has 0 heterocycles. The van der Waals surface area contributed by atoms with Crippen molar-refractivity contribution in [3.05, 3.63) is 11.1 Å². The largest absolute Gasteiger partial charge is 0.114 e. The maximum Gasteiger partial charge on any atom is 0.00313 e. The Hall–Kier alpha value is 1.66. The summed E-state index contributed by atoms with van der Waals surface area (Å²) in [6, 6.07) is 0. The van der Waals surface area contributed by atoms with Gasteiger partial charge in [-0.15, -0.1) is 34.0 Å². The van der Waals surface area contributed by atoms with Crippen LogP contribution in [-0.4, -0.2) is 5.33 Å². The van der Waals surface area contributed by atoms with Gasteiger partial charge in [0.15, 0.2) is 0 Å². The van der Waals surface area contributed by atoms with Crippen molar-refractivity contribution in [2.24, 2.45) is 0 Å². The molecule has 0 aromatic rings. The highest BCUT2D eigenvalue weighted by molar-refractivity contribution is 9.11. The maximum absolute atomic E-state index is 3.76.